The van der Waals surface area contributed by atoms with E-state index in [1.54, 1.807) is 10.9 Å². The highest BCUT2D eigenvalue weighted by molar-refractivity contribution is 7.89. The van der Waals surface area contributed by atoms with Crippen LogP contribution in [0.4, 0.5) is 0 Å². The van der Waals surface area contributed by atoms with Gasteiger partial charge in [-0.2, -0.15) is 5.10 Å². The lowest BCUT2D eigenvalue weighted by atomic mass is 10.2. The summed E-state index contributed by atoms with van der Waals surface area (Å²) in [5.74, 6) is 0. The second-order valence-electron chi connectivity index (χ2n) is 4.36. The summed E-state index contributed by atoms with van der Waals surface area (Å²) in [5.41, 5.74) is 1.77. The largest absolute Gasteiger partial charge is 0.335 e. The Morgan fingerprint density at radius 1 is 1.24 bits per heavy atom. The summed E-state index contributed by atoms with van der Waals surface area (Å²) in [6.45, 7) is 0.209. The van der Waals surface area contributed by atoms with Crippen LogP contribution in [0.3, 0.4) is 0 Å². The number of benzene rings is 1. The maximum Gasteiger partial charge on any atom is 0.257 e. The van der Waals surface area contributed by atoms with Crippen molar-refractivity contribution in [2.24, 2.45) is 0 Å². The van der Waals surface area contributed by atoms with Crippen molar-refractivity contribution in [1.29, 1.82) is 0 Å². The van der Waals surface area contributed by atoms with E-state index in [-0.39, 0.29) is 11.6 Å². The number of hydrogen-bond donors (Lipinski definition) is 2. The molecule has 7 nitrogen and oxygen atoms in total. The molecule has 0 saturated carbocycles. The minimum absolute atomic E-state index is 0.0515. The smallest absolute Gasteiger partial charge is 0.257 e. The Hall–Kier alpha value is -2.45. The van der Waals surface area contributed by atoms with Gasteiger partial charge in [-0.05, 0) is 23.8 Å². The van der Waals surface area contributed by atoms with Crippen LogP contribution in [0.2, 0.25) is 0 Å². The molecule has 0 atom stereocenters. The summed E-state index contributed by atoms with van der Waals surface area (Å²) >= 11 is 0. The average molecular weight is 303 g/mol. The molecule has 3 aromatic rings. The molecule has 2 heterocycles. The van der Waals surface area contributed by atoms with Crippen LogP contribution in [0.25, 0.3) is 5.69 Å². The van der Waals surface area contributed by atoms with Gasteiger partial charge in [0.2, 0.25) is 0 Å². The van der Waals surface area contributed by atoms with E-state index >= 15 is 0 Å². The number of H-pyrrole nitrogens is 1. The third-order valence-electron chi connectivity index (χ3n) is 2.93. The molecule has 0 fully saturated rings. The van der Waals surface area contributed by atoms with Crippen molar-refractivity contribution in [3.8, 4) is 5.69 Å². The van der Waals surface area contributed by atoms with Gasteiger partial charge in [0.25, 0.3) is 10.0 Å². The molecule has 2 aromatic heterocycles. The summed E-state index contributed by atoms with van der Waals surface area (Å²) in [6, 6.07) is 9.31. The quantitative estimate of drug-likeness (QED) is 0.737. The topological polar surface area (TPSA) is 92.7 Å². The molecule has 0 bridgehead atoms. The first-order valence-electron chi connectivity index (χ1n) is 6.22. The Morgan fingerprint density at radius 3 is 2.67 bits per heavy atom. The van der Waals surface area contributed by atoms with Gasteiger partial charge >= 0.3 is 0 Å². The number of aromatic nitrogens is 4. The van der Waals surface area contributed by atoms with E-state index in [1.807, 2.05) is 36.5 Å². The van der Waals surface area contributed by atoms with Gasteiger partial charge in [-0.15, -0.1) is 0 Å². The van der Waals surface area contributed by atoms with Crippen LogP contribution in [0.5, 0.6) is 0 Å². The van der Waals surface area contributed by atoms with Crippen molar-refractivity contribution in [2.45, 2.75) is 11.6 Å². The molecule has 0 spiro atoms. The van der Waals surface area contributed by atoms with Gasteiger partial charge in [0.05, 0.1) is 18.2 Å². The minimum atomic E-state index is -3.55. The van der Waals surface area contributed by atoms with Gasteiger partial charge in [0.15, 0.2) is 5.03 Å². The Bertz CT molecular complexity index is 793. The SMILES string of the molecule is O=S(=O)(NCc1ccc(-n2cccn2)cc1)c1cnc[nH]1. The molecule has 1 aromatic carbocycles. The Morgan fingerprint density at radius 2 is 2.05 bits per heavy atom. The van der Waals surface area contributed by atoms with Gasteiger partial charge in [-0.1, -0.05) is 12.1 Å². The van der Waals surface area contributed by atoms with Gasteiger partial charge in [0.1, 0.15) is 0 Å². The second-order valence-corrected chi connectivity index (χ2v) is 6.09. The maximum atomic E-state index is 11.9. The van der Waals surface area contributed by atoms with E-state index < -0.39 is 10.0 Å². The third kappa shape index (κ3) is 3.01. The number of imidazole rings is 1. The molecule has 0 amide bonds. The zero-order valence-electron chi connectivity index (χ0n) is 11.0. The molecule has 2 N–H and O–H groups in total. The second kappa shape index (κ2) is 5.51. The highest BCUT2D eigenvalue weighted by Crippen LogP contribution is 2.10. The van der Waals surface area contributed by atoms with E-state index in [2.05, 4.69) is 19.8 Å². The number of rotatable bonds is 5. The average Bonchev–Trinajstić information content (AvgIpc) is 3.19. The molecular formula is C13H13N5O2S. The summed E-state index contributed by atoms with van der Waals surface area (Å²) < 4.78 is 28.1. The summed E-state index contributed by atoms with van der Waals surface area (Å²) in [4.78, 5) is 6.27. The molecule has 3 rings (SSSR count). The Labute approximate surface area is 121 Å². The molecular weight excluding hydrogens is 290 g/mol. The lowest BCUT2D eigenvalue weighted by Crippen LogP contribution is -2.23. The standard InChI is InChI=1S/C13H13N5O2S/c19-21(20,13-9-14-10-15-13)17-8-11-2-4-12(5-3-11)18-7-1-6-16-18/h1-7,9-10,17H,8H2,(H,14,15). The predicted molar refractivity (Wildman–Crippen MR) is 76.2 cm³/mol. The van der Waals surface area contributed by atoms with Crippen LogP contribution in [-0.4, -0.2) is 28.2 Å². The summed E-state index contributed by atoms with van der Waals surface area (Å²) in [7, 11) is -3.55. The molecule has 0 aliphatic heterocycles. The highest BCUT2D eigenvalue weighted by atomic mass is 32.2. The molecule has 21 heavy (non-hydrogen) atoms. The lowest BCUT2D eigenvalue weighted by Gasteiger charge is -2.06. The zero-order valence-corrected chi connectivity index (χ0v) is 11.8. The van der Waals surface area contributed by atoms with Gasteiger partial charge in [0, 0.05) is 18.9 Å². The number of aromatic amines is 1. The van der Waals surface area contributed by atoms with E-state index in [0.717, 1.165) is 11.3 Å². The van der Waals surface area contributed by atoms with Crippen molar-refractivity contribution >= 4 is 10.0 Å². The number of nitrogens with zero attached hydrogens (tertiary/aromatic N) is 3. The van der Waals surface area contributed by atoms with Gasteiger partial charge < -0.3 is 4.98 Å². The molecule has 0 aliphatic carbocycles. The minimum Gasteiger partial charge on any atom is -0.335 e. The first-order chi connectivity index (χ1) is 10.1. The first kappa shape index (κ1) is 13.5. The fraction of sp³-hybridized carbons (Fsp3) is 0.0769. The molecule has 108 valence electrons. The molecule has 0 aliphatic rings. The molecule has 0 saturated heterocycles. The molecule has 8 heteroatoms. The number of sulfonamides is 1. The molecule has 0 unspecified atom stereocenters. The summed E-state index contributed by atoms with van der Waals surface area (Å²) in [6.07, 6.45) is 6.14. The Kier molecular flexibility index (Phi) is 3.55. The van der Waals surface area contributed by atoms with E-state index in [9.17, 15) is 8.42 Å². The van der Waals surface area contributed by atoms with Crippen molar-refractivity contribution in [3.63, 3.8) is 0 Å². The Balaban J connectivity index is 1.69. The van der Waals surface area contributed by atoms with E-state index in [1.165, 1.54) is 12.5 Å². The van der Waals surface area contributed by atoms with Crippen molar-refractivity contribution in [2.75, 3.05) is 0 Å². The van der Waals surface area contributed by atoms with E-state index in [4.69, 9.17) is 0 Å². The fourth-order valence-corrected chi connectivity index (χ4v) is 2.75. The van der Waals surface area contributed by atoms with Crippen LogP contribution in [0.15, 0.2) is 60.3 Å². The third-order valence-corrected chi connectivity index (χ3v) is 4.26. The van der Waals surface area contributed by atoms with Crippen LogP contribution < -0.4 is 4.72 Å². The van der Waals surface area contributed by atoms with Gasteiger partial charge in [-0.3, -0.25) is 0 Å². The van der Waals surface area contributed by atoms with Crippen molar-refractivity contribution < 1.29 is 8.42 Å². The van der Waals surface area contributed by atoms with Crippen molar-refractivity contribution in [1.82, 2.24) is 24.5 Å². The normalized spacial score (nSPS) is 11.6. The predicted octanol–water partition coefficient (Wildman–Crippen LogP) is 1.07. The highest BCUT2D eigenvalue weighted by Gasteiger charge is 2.14. The number of hydrogen-bond acceptors (Lipinski definition) is 4. The zero-order chi connectivity index (χ0) is 14.7. The van der Waals surface area contributed by atoms with Crippen LogP contribution >= 0.6 is 0 Å². The first-order valence-corrected chi connectivity index (χ1v) is 7.70. The summed E-state index contributed by atoms with van der Waals surface area (Å²) in [5, 5.41) is 4.18. The lowest BCUT2D eigenvalue weighted by molar-refractivity contribution is 0.578. The monoisotopic (exact) mass is 303 g/mol. The van der Waals surface area contributed by atoms with Crippen molar-refractivity contribution in [3.05, 3.63) is 60.8 Å². The van der Waals surface area contributed by atoms with E-state index in [0.29, 0.717) is 0 Å². The van der Waals surface area contributed by atoms with Crippen LogP contribution in [0.1, 0.15) is 5.56 Å². The van der Waals surface area contributed by atoms with Gasteiger partial charge in [-0.25, -0.2) is 22.8 Å². The van der Waals surface area contributed by atoms with Crippen LogP contribution in [-0.2, 0) is 16.6 Å². The number of nitrogens with one attached hydrogen (secondary N) is 2. The fourth-order valence-electron chi connectivity index (χ4n) is 1.83. The maximum absolute atomic E-state index is 11.9. The van der Waals surface area contributed by atoms with Crippen LogP contribution in [0, 0.1) is 0 Å². The molecule has 0 radical (unpaired) electrons.